The SMILES string of the molecule is CCOC(=O)[C@H]1CC[C@H](C(=O)OCC)N1c1ccc(C=O)cc1. The summed E-state index contributed by atoms with van der Waals surface area (Å²) in [5.41, 5.74) is 1.23. The molecule has 0 unspecified atom stereocenters. The maximum Gasteiger partial charge on any atom is 0.328 e. The van der Waals surface area contributed by atoms with Crippen LogP contribution in [0.1, 0.15) is 37.0 Å². The number of benzene rings is 1. The first kappa shape index (κ1) is 17.0. The Balaban J connectivity index is 2.31. The van der Waals surface area contributed by atoms with Gasteiger partial charge in [-0.05, 0) is 51.0 Å². The fourth-order valence-corrected chi connectivity index (χ4v) is 2.84. The van der Waals surface area contributed by atoms with E-state index in [1.54, 1.807) is 43.0 Å². The molecular formula is C17H21NO5. The molecule has 0 N–H and O–H groups in total. The van der Waals surface area contributed by atoms with Crippen molar-refractivity contribution in [2.75, 3.05) is 18.1 Å². The lowest BCUT2D eigenvalue weighted by atomic mass is 10.1. The highest BCUT2D eigenvalue weighted by Crippen LogP contribution is 2.32. The number of esters is 2. The number of hydrogen-bond acceptors (Lipinski definition) is 6. The van der Waals surface area contributed by atoms with Crippen LogP contribution < -0.4 is 4.90 Å². The largest absolute Gasteiger partial charge is 0.464 e. The molecule has 6 nitrogen and oxygen atoms in total. The van der Waals surface area contributed by atoms with Crippen LogP contribution in [0.15, 0.2) is 24.3 Å². The Labute approximate surface area is 135 Å². The second kappa shape index (κ2) is 7.76. The maximum atomic E-state index is 12.2. The fourth-order valence-electron chi connectivity index (χ4n) is 2.84. The molecule has 2 atom stereocenters. The van der Waals surface area contributed by atoms with Gasteiger partial charge < -0.3 is 14.4 Å². The van der Waals surface area contributed by atoms with Crippen molar-refractivity contribution in [1.29, 1.82) is 0 Å². The Morgan fingerprint density at radius 2 is 1.52 bits per heavy atom. The van der Waals surface area contributed by atoms with E-state index in [9.17, 15) is 14.4 Å². The molecule has 0 aromatic heterocycles. The lowest BCUT2D eigenvalue weighted by Gasteiger charge is -2.30. The summed E-state index contributed by atoms with van der Waals surface area (Å²) in [7, 11) is 0. The minimum Gasteiger partial charge on any atom is -0.464 e. The summed E-state index contributed by atoms with van der Waals surface area (Å²) in [6.45, 7) is 4.08. The smallest absolute Gasteiger partial charge is 0.328 e. The van der Waals surface area contributed by atoms with Crippen molar-refractivity contribution < 1.29 is 23.9 Å². The van der Waals surface area contributed by atoms with Gasteiger partial charge in [-0.3, -0.25) is 4.79 Å². The third-order valence-electron chi connectivity index (χ3n) is 3.83. The van der Waals surface area contributed by atoms with Crippen molar-refractivity contribution in [3.05, 3.63) is 29.8 Å². The van der Waals surface area contributed by atoms with E-state index in [2.05, 4.69) is 0 Å². The molecule has 0 bridgehead atoms. The second-order valence-electron chi connectivity index (χ2n) is 5.23. The zero-order valence-electron chi connectivity index (χ0n) is 13.4. The van der Waals surface area contributed by atoms with Crippen molar-refractivity contribution in [3.8, 4) is 0 Å². The van der Waals surface area contributed by atoms with Gasteiger partial charge in [-0.25, -0.2) is 9.59 Å². The molecule has 1 aromatic carbocycles. The van der Waals surface area contributed by atoms with E-state index in [-0.39, 0.29) is 25.2 Å². The van der Waals surface area contributed by atoms with E-state index in [0.717, 1.165) is 6.29 Å². The minimum atomic E-state index is -0.522. The molecule has 0 amide bonds. The van der Waals surface area contributed by atoms with Gasteiger partial charge >= 0.3 is 11.9 Å². The van der Waals surface area contributed by atoms with Crippen LogP contribution in [-0.4, -0.2) is 43.5 Å². The van der Waals surface area contributed by atoms with Gasteiger partial charge in [0.25, 0.3) is 0 Å². The van der Waals surface area contributed by atoms with E-state index in [1.807, 2.05) is 0 Å². The first-order valence-corrected chi connectivity index (χ1v) is 7.79. The summed E-state index contributed by atoms with van der Waals surface area (Å²) < 4.78 is 10.2. The summed E-state index contributed by atoms with van der Waals surface area (Å²) >= 11 is 0. The quantitative estimate of drug-likeness (QED) is 0.589. The van der Waals surface area contributed by atoms with E-state index >= 15 is 0 Å². The Morgan fingerprint density at radius 1 is 1.04 bits per heavy atom. The van der Waals surface area contributed by atoms with Gasteiger partial charge in [0.15, 0.2) is 0 Å². The van der Waals surface area contributed by atoms with E-state index in [1.165, 1.54) is 0 Å². The van der Waals surface area contributed by atoms with Crippen LogP contribution in [0.3, 0.4) is 0 Å². The molecule has 1 saturated heterocycles. The Hall–Kier alpha value is -2.37. The van der Waals surface area contributed by atoms with E-state index < -0.39 is 12.1 Å². The second-order valence-corrected chi connectivity index (χ2v) is 5.23. The van der Waals surface area contributed by atoms with Crippen molar-refractivity contribution in [1.82, 2.24) is 0 Å². The van der Waals surface area contributed by atoms with Crippen LogP contribution in [-0.2, 0) is 19.1 Å². The molecule has 1 aromatic rings. The standard InChI is InChI=1S/C17H21NO5/c1-3-22-16(20)14-9-10-15(17(21)23-4-2)18(14)13-7-5-12(11-19)6-8-13/h5-8,11,14-15H,3-4,9-10H2,1-2H3/t14-,15-/m1/s1. The molecule has 1 fully saturated rings. The van der Waals surface area contributed by atoms with Crippen LogP contribution in [0.25, 0.3) is 0 Å². The highest BCUT2D eigenvalue weighted by molar-refractivity contribution is 5.88. The Bertz CT molecular complexity index is 543. The summed E-state index contributed by atoms with van der Waals surface area (Å²) in [5, 5.41) is 0. The van der Waals surface area contributed by atoms with Crippen molar-refractivity contribution in [3.63, 3.8) is 0 Å². The van der Waals surface area contributed by atoms with Gasteiger partial charge in [0, 0.05) is 11.3 Å². The monoisotopic (exact) mass is 319 g/mol. The van der Waals surface area contributed by atoms with Crippen LogP contribution in [0.2, 0.25) is 0 Å². The third kappa shape index (κ3) is 3.70. The molecule has 0 radical (unpaired) electrons. The fraction of sp³-hybridized carbons (Fsp3) is 0.471. The van der Waals surface area contributed by atoms with E-state index in [4.69, 9.17) is 9.47 Å². The number of hydrogen-bond donors (Lipinski definition) is 0. The molecule has 0 aliphatic carbocycles. The van der Waals surface area contributed by atoms with E-state index in [0.29, 0.717) is 24.1 Å². The van der Waals surface area contributed by atoms with Crippen LogP contribution >= 0.6 is 0 Å². The summed E-state index contributed by atoms with van der Waals surface area (Å²) in [4.78, 5) is 36.9. The molecule has 1 heterocycles. The van der Waals surface area contributed by atoms with Gasteiger partial charge in [-0.2, -0.15) is 0 Å². The number of rotatable bonds is 6. The zero-order valence-corrected chi connectivity index (χ0v) is 13.4. The molecule has 0 saturated carbocycles. The number of ether oxygens (including phenoxy) is 2. The normalized spacial score (nSPS) is 20.2. The molecule has 2 rings (SSSR count). The number of aldehydes is 1. The summed E-state index contributed by atoms with van der Waals surface area (Å²) in [5.74, 6) is -0.697. The highest BCUT2D eigenvalue weighted by atomic mass is 16.5. The summed E-state index contributed by atoms with van der Waals surface area (Å²) in [6.07, 6.45) is 1.80. The first-order chi connectivity index (χ1) is 11.1. The van der Waals surface area contributed by atoms with Gasteiger partial charge in [0.05, 0.1) is 13.2 Å². The number of carbonyl (C=O) groups excluding carboxylic acids is 3. The Kier molecular flexibility index (Phi) is 5.73. The lowest BCUT2D eigenvalue weighted by molar-refractivity contribution is -0.145. The van der Waals surface area contributed by atoms with Crippen molar-refractivity contribution >= 4 is 23.9 Å². The highest BCUT2D eigenvalue weighted by Gasteiger charge is 2.43. The molecule has 23 heavy (non-hydrogen) atoms. The molecule has 6 heteroatoms. The first-order valence-electron chi connectivity index (χ1n) is 7.79. The van der Waals surface area contributed by atoms with Crippen LogP contribution in [0.4, 0.5) is 5.69 Å². The lowest BCUT2D eigenvalue weighted by Crippen LogP contribution is -2.45. The number of nitrogens with zero attached hydrogens (tertiary/aromatic N) is 1. The molecule has 1 aliphatic rings. The topological polar surface area (TPSA) is 72.9 Å². The summed E-state index contributed by atoms with van der Waals surface area (Å²) in [6, 6.07) is 5.73. The van der Waals surface area contributed by atoms with Crippen LogP contribution in [0, 0.1) is 0 Å². The predicted molar refractivity (Wildman–Crippen MR) is 84.4 cm³/mol. The van der Waals surface area contributed by atoms with Crippen LogP contribution in [0.5, 0.6) is 0 Å². The third-order valence-corrected chi connectivity index (χ3v) is 3.83. The van der Waals surface area contributed by atoms with Crippen molar-refractivity contribution in [2.45, 2.75) is 38.8 Å². The van der Waals surface area contributed by atoms with Gasteiger partial charge in [0.2, 0.25) is 0 Å². The van der Waals surface area contributed by atoms with Gasteiger partial charge in [-0.1, -0.05) is 0 Å². The molecular weight excluding hydrogens is 298 g/mol. The maximum absolute atomic E-state index is 12.2. The van der Waals surface area contributed by atoms with Gasteiger partial charge in [-0.15, -0.1) is 0 Å². The average Bonchev–Trinajstić information content (AvgIpc) is 3.00. The molecule has 124 valence electrons. The Morgan fingerprint density at radius 3 is 1.91 bits per heavy atom. The number of carbonyl (C=O) groups is 3. The number of anilines is 1. The molecule has 1 aliphatic heterocycles. The van der Waals surface area contributed by atoms with Crippen molar-refractivity contribution in [2.24, 2.45) is 0 Å². The average molecular weight is 319 g/mol. The predicted octanol–water partition coefficient (Wildman–Crippen LogP) is 1.96. The minimum absolute atomic E-state index is 0.289. The zero-order chi connectivity index (χ0) is 16.8. The van der Waals surface area contributed by atoms with Gasteiger partial charge in [0.1, 0.15) is 18.4 Å². The molecule has 0 spiro atoms.